The van der Waals surface area contributed by atoms with Crippen molar-refractivity contribution in [1.29, 1.82) is 0 Å². The Kier molecular flexibility index (Phi) is 8.60. The number of aliphatic hydroxyl groups excluding tert-OH is 1. The summed E-state index contributed by atoms with van der Waals surface area (Å²) in [6.45, 7) is 11.6. The minimum Gasteiger partial charge on any atom is -0.394 e. The molecule has 3 fully saturated rings. The van der Waals surface area contributed by atoms with Crippen molar-refractivity contribution in [3.8, 4) is 0 Å². The number of aliphatic hydroxyl groups is 1. The van der Waals surface area contributed by atoms with Crippen molar-refractivity contribution in [2.45, 2.75) is 50.5 Å². The molecule has 6 atom stereocenters. The van der Waals surface area contributed by atoms with Gasteiger partial charge in [0.05, 0.1) is 30.6 Å². The van der Waals surface area contributed by atoms with Crippen molar-refractivity contribution in [2.24, 2.45) is 17.8 Å². The fourth-order valence-corrected chi connectivity index (χ4v) is 7.22. The Balaban J connectivity index is 1.60. The van der Waals surface area contributed by atoms with Crippen molar-refractivity contribution < 1.29 is 24.2 Å². The van der Waals surface area contributed by atoms with Gasteiger partial charge in [0.25, 0.3) is 5.91 Å². The minimum atomic E-state index is -1.20. The Labute approximate surface area is 252 Å². The van der Waals surface area contributed by atoms with Gasteiger partial charge in [-0.1, -0.05) is 55.8 Å². The maximum absolute atomic E-state index is 14.7. The number of amides is 3. The molecular formula is C33H38ClN3O5. The van der Waals surface area contributed by atoms with E-state index in [0.717, 1.165) is 0 Å². The average molecular weight is 592 g/mol. The summed E-state index contributed by atoms with van der Waals surface area (Å²) in [6, 6.07) is 14.5. The summed E-state index contributed by atoms with van der Waals surface area (Å²) in [5.74, 6) is -2.70. The summed E-state index contributed by atoms with van der Waals surface area (Å²) in [4.78, 5) is 48.2. The first kappa shape index (κ1) is 30.0. The van der Waals surface area contributed by atoms with Crippen molar-refractivity contribution in [2.75, 3.05) is 29.5 Å². The van der Waals surface area contributed by atoms with Crippen molar-refractivity contribution in [1.82, 2.24) is 4.90 Å². The number of hydrogen-bond donors (Lipinski definition) is 1. The summed E-state index contributed by atoms with van der Waals surface area (Å²) in [5.41, 5.74) is 0.0941. The first-order valence-corrected chi connectivity index (χ1v) is 14.8. The van der Waals surface area contributed by atoms with Gasteiger partial charge in [-0.2, -0.15) is 0 Å². The van der Waals surface area contributed by atoms with Crippen molar-refractivity contribution in [3.63, 3.8) is 0 Å². The Morgan fingerprint density at radius 1 is 1.05 bits per heavy atom. The van der Waals surface area contributed by atoms with Crippen LogP contribution in [0.4, 0.5) is 11.4 Å². The second kappa shape index (κ2) is 12.0. The number of carbonyl (C=O) groups is 3. The van der Waals surface area contributed by atoms with Crippen LogP contribution >= 0.6 is 11.6 Å². The average Bonchev–Trinajstić information content (AvgIpc) is 3.63. The highest BCUT2D eigenvalue weighted by Gasteiger charge is 2.75. The SMILES string of the molecule is C=CCN(C(=O)C1N([C@@H](CO)C(C)C)C(=O)[C@@H]2[C@@H](C(=O)N(CC=C)c3ccccc3)[C@H]3CCC12O3)c1ccc(Cl)cc1. The third-order valence-corrected chi connectivity index (χ3v) is 9.18. The molecule has 8 nitrogen and oxygen atoms in total. The molecule has 2 bridgehead atoms. The number of para-hydroxylation sites is 1. The zero-order valence-electron chi connectivity index (χ0n) is 24.1. The third kappa shape index (κ3) is 4.85. The van der Waals surface area contributed by atoms with E-state index in [4.69, 9.17) is 16.3 Å². The van der Waals surface area contributed by atoms with Crippen LogP contribution in [0.1, 0.15) is 26.7 Å². The predicted octanol–water partition coefficient (Wildman–Crippen LogP) is 4.47. The van der Waals surface area contributed by atoms with Crippen LogP contribution < -0.4 is 9.80 Å². The molecule has 0 radical (unpaired) electrons. The number of rotatable bonds is 11. The lowest BCUT2D eigenvalue weighted by atomic mass is 9.70. The highest BCUT2D eigenvalue weighted by atomic mass is 35.5. The zero-order valence-corrected chi connectivity index (χ0v) is 24.8. The van der Waals surface area contributed by atoms with E-state index in [2.05, 4.69) is 13.2 Å². The lowest BCUT2D eigenvalue weighted by Crippen LogP contribution is -2.59. The second-order valence-electron chi connectivity index (χ2n) is 11.6. The number of fused-ring (bicyclic) bond motifs is 1. The topological polar surface area (TPSA) is 90.4 Å². The van der Waals surface area contributed by atoms with E-state index < -0.39 is 35.6 Å². The Morgan fingerprint density at radius 2 is 1.64 bits per heavy atom. The molecule has 2 aromatic carbocycles. The van der Waals surface area contributed by atoms with Gasteiger partial charge in [-0.15, -0.1) is 13.2 Å². The molecule has 222 valence electrons. The normalized spacial score (nSPS) is 26.7. The Bertz CT molecular complexity index is 1350. The summed E-state index contributed by atoms with van der Waals surface area (Å²) in [6.07, 6.45) is 3.78. The number of hydrogen-bond acceptors (Lipinski definition) is 5. The van der Waals surface area contributed by atoms with Gasteiger partial charge in [-0.25, -0.2) is 0 Å². The van der Waals surface area contributed by atoms with Crippen LogP contribution in [0.3, 0.4) is 0 Å². The van der Waals surface area contributed by atoms with E-state index in [1.165, 1.54) is 4.90 Å². The molecule has 0 saturated carbocycles. The fraction of sp³-hybridized carbons (Fsp3) is 0.424. The summed E-state index contributed by atoms with van der Waals surface area (Å²) < 4.78 is 6.66. The van der Waals surface area contributed by atoms with Crippen LogP contribution in [0, 0.1) is 17.8 Å². The molecule has 0 aliphatic carbocycles. The van der Waals surface area contributed by atoms with Crippen LogP contribution in [0.25, 0.3) is 0 Å². The van der Waals surface area contributed by atoms with Gasteiger partial charge in [0, 0.05) is 29.5 Å². The maximum Gasteiger partial charge on any atom is 0.253 e. The largest absolute Gasteiger partial charge is 0.394 e. The van der Waals surface area contributed by atoms with Gasteiger partial charge in [0.2, 0.25) is 11.8 Å². The zero-order chi connectivity index (χ0) is 30.2. The van der Waals surface area contributed by atoms with Crippen LogP contribution in [0.15, 0.2) is 79.9 Å². The van der Waals surface area contributed by atoms with Crippen LogP contribution in [-0.4, -0.2) is 71.2 Å². The van der Waals surface area contributed by atoms with Gasteiger partial charge in [0.1, 0.15) is 11.6 Å². The molecule has 3 saturated heterocycles. The number of carbonyl (C=O) groups excluding carboxylic acids is 3. The predicted molar refractivity (Wildman–Crippen MR) is 163 cm³/mol. The standard InChI is InChI=1S/C33H38ClN3O5/c1-5-18-35(23-10-8-7-9-11-23)30(39)27-26-16-17-33(42-26)28(27)31(40)37(25(20-38)21(3)4)29(33)32(41)36(19-6-2)24-14-12-22(34)13-15-24/h5-15,21,25-29,38H,1-2,16-20H2,3-4H3/t25-,26+,27-,28-,29?,33?/m0/s1. The fourth-order valence-electron chi connectivity index (χ4n) is 7.09. The number of halogens is 1. The smallest absolute Gasteiger partial charge is 0.253 e. The molecule has 42 heavy (non-hydrogen) atoms. The van der Waals surface area contributed by atoms with E-state index in [9.17, 15) is 19.5 Å². The quantitative estimate of drug-likeness (QED) is 0.390. The van der Waals surface area contributed by atoms with Crippen LogP contribution in [-0.2, 0) is 19.1 Å². The second-order valence-corrected chi connectivity index (χ2v) is 12.0. The summed E-state index contributed by atoms with van der Waals surface area (Å²) in [7, 11) is 0. The molecule has 3 aliphatic heterocycles. The minimum absolute atomic E-state index is 0.152. The number of nitrogens with zero attached hydrogens (tertiary/aromatic N) is 3. The number of likely N-dealkylation sites (tertiary alicyclic amines) is 1. The molecule has 1 spiro atoms. The van der Waals surface area contributed by atoms with Gasteiger partial charge >= 0.3 is 0 Å². The highest BCUT2D eigenvalue weighted by Crippen LogP contribution is 2.59. The first-order chi connectivity index (χ1) is 20.2. The highest BCUT2D eigenvalue weighted by molar-refractivity contribution is 6.30. The van der Waals surface area contributed by atoms with E-state index in [1.54, 1.807) is 46.2 Å². The number of ether oxygens (including phenoxy) is 1. The molecule has 3 aliphatic rings. The van der Waals surface area contributed by atoms with Gasteiger partial charge in [-0.3, -0.25) is 14.4 Å². The van der Waals surface area contributed by atoms with E-state index >= 15 is 0 Å². The third-order valence-electron chi connectivity index (χ3n) is 8.93. The number of anilines is 2. The molecule has 9 heteroatoms. The lowest BCUT2D eigenvalue weighted by molar-refractivity contribution is -0.145. The molecule has 3 heterocycles. The van der Waals surface area contributed by atoms with Gasteiger partial charge in [0.15, 0.2) is 0 Å². The molecule has 1 N–H and O–H groups in total. The molecule has 5 rings (SSSR count). The van der Waals surface area contributed by atoms with Crippen molar-refractivity contribution >= 4 is 40.7 Å². The van der Waals surface area contributed by atoms with Gasteiger partial charge in [-0.05, 0) is 55.2 Å². The molecule has 0 aromatic heterocycles. The number of benzene rings is 2. The first-order valence-electron chi connectivity index (χ1n) is 14.5. The molecule has 2 aromatic rings. The Hall–Kier alpha value is -3.46. The van der Waals surface area contributed by atoms with E-state index in [0.29, 0.717) is 29.2 Å². The van der Waals surface area contributed by atoms with Crippen LogP contribution in [0.2, 0.25) is 5.02 Å². The van der Waals surface area contributed by atoms with Crippen LogP contribution in [0.5, 0.6) is 0 Å². The van der Waals surface area contributed by atoms with E-state index in [1.807, 2.05) is 44.2 Å². The molecule has 2 unspecified atom stereocenters. The monoisotopic (exact) mass is 591 g/mol. The maximum atomic E-state index is 14.7. The molecule has 3 amide bonds. The Morgan fingerprint density at radius 3 is 2.21 bits per heavy atom. The molecular weight excluding hydrogens is 554 g/mol. The lowest BCUT2D eigenvalue weighted by Gasteiger charge is -2.40. The summed E-state index contributed by atoms with van der Waals surface area (Å²) >= 11 is 6.13. The van der Waals surface area contributed by atoms with Crippen molar-refractivity contribution in [3.05, 3.63) is 84.9 Å². The summed E-state index contributed by atoms with van der Waals surface area (Å²) in [5, 5.41) is 11.0. The van der Waals surface area contributed by atoms with Gasteiger partial charge < -0.3 is 24.5 Å². The van der Waals surface area contributed by atoms with E-state index in [-0.39, 0.29) is 43.3 Å².